The third-order valence-electron chi connectivity index (χ3n) is 2.58. The number of nitrogens with zero attached hydrogens (tertiary/aromatic N) is 1. The van der Waals surface area contributed by atoms with Crippen molar-refractivity contribution in [2.24, 2.45) is 0 Å². The van der Waals surface area contributed by atoms with Crippen molar-refractivity contribution in [1.29, 1.82) is 0 Å². The van der Waals surface area contributed by atoms with Gasteiger partial charge in [0.05, 0.1) is 11.7 Å². The van der Waals surface area contributed by atoms with E-state index in [-0.39, 0.29) is 16.8 Å². The first kappa shape index (κ1) is 12.1. The quantitative estimate of drug-likeness (QED) is 0.807. The molecule has 0 radical (unpaired) electrons. The average Bonchev–Trinajstić information content (AvgIpc) is 2.78. The first-order valence-electron chi connectivity index (χ1n) is 5.41. The van der Waals surface area contributed by atoms with Gasteiger partial charge in [0.15, 0.2) is 0 Å². The number of carboxylic acids is 1. The molecule has 1 aromatic rings. The summed E-state index contributed by atoms with van der Waals surface area (Å²) in [5, 5.41) is 12.1. The van der Waals surface area contributed by atoms with Crippen LogP contribution in [0.25, 0.3) is 0 Å². The maximum Gasteiger partial charge on any atom is 0.335 e. The molecule has 92 valence electrons. The van der Waals surface area contributed by atoms with Crippen LogP contribution in [-0.2, 0) is 4.74 Å². The van der Waals surface area contributed by atoms with Gasteiger partial charge in [-0.3, -0.25) is 0 Å². The fourth-order valence-electron chi connectivity index (χ4n) is 1.73. The van der Waals surface area contributed by atoms with Crippen LogP contribution in [0.4, 0.5) is 5.82 Å². The van der Waals surface area contributed by atoms with Gasteiger partial charge in [-0.25, -0.2) is 9.78 Å². The third-order valence-corrected chi connectivity index (χ3v) is 2.77. The molecule has 1 saturated heterocycles. The molecule has 5 nitrogen and oxygen atoms in total. The number of aromatic carboxylic acids is 1. The monoisotopic (exact) mass is 256 g/mol. The molecule has 2 rings (SSSR count). The third kappa shape index (κ3) is 3.31. The summed E-state index contributed by atoms with van der Waals surface area (Å²) in [6.45, 7) is 1.40. The smallest absolute Gasteiger partial charge is 0.335 e. The van der Waals surface area contributed by atoms with Crippen LogP contribution in [0, 0.1) is 0 Å². The highest BCUT2D eigenvalue weighted by Gasteiger charge is 2.15. The maximum absolute atomic E-state index is 10.8. The number of aromatic nitrogens is 1. The van der Waals surface area contributed by atoms with Gasteiger partial charge < -0.3 is 15.2 Å². The summed E-state index contributed by atoms with van der Waals surface area (Å²) in [6.07, 6.45) is 2.25. The van der Waals surface area contributed by atoms with E-state index in [2.05, 4.69) is 10.3 Å². The minimum Gasteiger partial charge on any atom is -0.478 e. The van der Waals surface area contributed by atoms with Crippen LogP contribution in [0.15, 0.2) is 12.1 Å². The van der Waals surface area contributed by atoms with Crippen molar-refractivity contribution in [3.8, 4) is 0 Å². The molecular weight excluding hydrogens is 244 g/mol. The zero-order chi connectivity index (χ0) is 12.3. The lowest BCUT2D eigenvalue weighted by Gasteiger charge is -2.11. The van der Waals surface area contributed by atoms with Gasteiger partial charge in [-0.15, -0.1) is 0 Å². The number of nitrogens with one attached hydrogen (secondary N) is 1. The molecule has 1 unspecified atom stereocenters. The second-order valence-corrected chi connectivity index (χ2v) is 4.27. The summed E-state index contributed by atoms with van der Waals surface area (Å²) in [5.74, 6) is -0.556. The number of rotatable bonds is 4. The second-order valence-electron chi connectivity index (χ2n) is 3.88. The van der Waals surface area contributed by atoms with Gasteiger partial charge in [-0.1, -0.05) is 11.6 Å². The summed E-state index contributed by atoms with van der Waals surface area (Å²) < 4.78 is 5.44. The molecule has 0 aromatic carbocycles. The fraction of sp³-hybridized carbons (Fsp3) is 0.455. The van der Waals surface area contributed by atoms with E-state index in [4.69, 9.17) is 21.4 Å². The topological polar surface area (TPSA) is 71.5 Å². The largest absolute Gasteiger partial charge is 0.478 e. The molecular formula is C11H13ClN2O3. The van der Waals surface area contributed by atoms with Crippen molar-refractivity contribution in [3.63, 3.8) is 0 Å². The summed E-state index contributed by atoms with van der Waals surface area (Å²) in [4.78, 5) is 14.8. The van der Waals surface area contributed by atoms with E-state index in [1.807, 2.05) is 0 Å². The Hall–Kier alpha value is -1.33. The highest BCUT2D eigenvalue weighted by Crippen LogP contribution is 2.16. The molecule has 2 heterocycles. The Balaban J connectivity index is 2.01. The molecule has 1 aliphatic rings. The Labute approximate surface area is 104 Å². The SMILES string of the molecule is O=C(O)c1cc(Cl)nc(NCC2CCCO2)c1. The zero-order valence-electron chi connectivity index (χ0n) is 9.15. The van der Waals surface area contributed by atoms with Gasteiger partial charge in [-0.2, -0.15) is 0 Å². The summed E-state index contributed by atoms with van der Waals surface area (Å²) in [5.41, 5.74) is 0.125. The molecule has 0 aliphatic carbocycles. The molecule has 0 saturated carbocycles. The molecule has 17 heavy (non-hydrogen) atoms. The predicted octanol–water partition coefficient (Wildman–Crippen LogP) is 2.02. The highest BCUT2D eigenvalue weighted by atomic mass is 35.5. The van der Waals surface area contributed by atoms with E-state index >= 15 is 0 Å². The minimum atomic E-state index is -1.02. The van der Waals surface area contributed by atoms with Crippen molar-refractivity contribution >= 4 is 23.4 Å². The summed E-state index contributed by atoms with van der Waals surface area (Å²) in [7, 11) is 0. The van der Waals surface area contributed by atoms with Gasteiger partial charge in [0, 0.05) is 13.2 Å². The van der Waals surface area contributed by atoms with Crippen LogP contribution in [-0.4, -0.2) is 35.3 Å². The van der Waals surface area contributed by atoms with E-state index in [1.54, 1.807) is 0 Å². The van der Waals surface area contributed by atoms with Crippen molar-refractivity contribution in [3.05, 3.63) is 22.8 Å². The molecule has 0 spiro atoms. The summed E-state index contributed by atoms with van der Waals surface area (Å²) in [6, 6.07) is 2.78. The van der Waals surface area contributed by atoms with Crippen molar-refractivity contribution in [1.82, 2.24) is 4.98 Å². The molecule has 0 amide bonds. The zero-order valence-corrected chi connectivity index (χ0v) is 9.91. The lowest BCUT2D eigenvalue weighted by atomic mass is 10.2. The van der Waals surface area contributed by atoms with Crippen LogP contribution < -0.4 is 5.32 Å². The van der Waals surface area contributed by atoms with E-state index in [0.29, 0.717) is 12.4 Å². The number of hydrogen-bond donors (Lipinski definition) is 2. The lowest BCUT2D eigenvalue weighted by Crippen LogP contribution is -2.19. The standard InChI is InChI=1S/C11H13ClN2O3/c12-9-4-7(11(15)16)5-10(14-9)13-6-8-2-1-3-17-8/h4-5,8H,1-3,6H2,(H,13,14)(H,15,16). The van der Waals surface area contributed by atoms with E-state index in [9.17, 15) is 4.79 Å². The molecule has 1 aliphatic heterocycles. The lowest BCUT2D eigenvalue weighted by molar-refractivity contribution is 0.0697. The number of carboxylic acid groups (broad SMARTS) is 1. The Kier molecular flexibility index (Phi) is 3.81. The van der Waals surface area contributed by atoms with Gasteiger partial charge in [0.1, 0.15) is 11.0 Å². The number of ether oxygens (including phenoxy) is 1. The first-order chi connectivity index (χ1) is 8.15. The number of halogens is 1. The Bertz CT molecular complexity index is 419. The molecule has 1 fully saturated rings. The average molecular weight is 257 g/mol. The number of pyridine rings is 1. The van der Waals surface area contributed by atoms with Gasteiger partial charge >= 0.3 is 5.97 Å². The second kappa shape index (κ2) is 5.33. The van der Waals surface area contributed by atoms with Crippen molar-refractivity contribution < 1.29 is 14.6 Å². The minimum absolute atomic E-state index is 0.125. The molecule has 1 aromatic heterocycles. The molecule has 0 bridgehead atoms. The molecule has 6 heteroatoms. The Morgan fingerprint density at radius 2 is 2.47 bits per heavy atom. The summed E-state index contributed by atoms with van der Waals surface area (Å²) >= 11 is 5.74. The number of anilines is 1. The molecule has 1 atom stereocenters. The Morgan fingerprint density at radius 1 is 1.65 bits per heavy atom. The van der Waals surface area contributed by atoms with Crippen LogP contribution in [0.3, 0.4) is 0 Å². The number of hydrogen-bond acceptors (Lipinski definition) is 4. The first-order valence-corrected chi connectivity index (χ1v) is 5.79. The molecule has 2 N–H and O–H groups in total. The van der Waals surface area contributed by atoms with Crippen LogP contribution in [0.2, 0.25) is 5.15 Å². The van der Waals surface area contributed by atoms with Gasteiger partial charge in [0.2, 0.25) is 0 Å². The maximum atomic E-state index is 10.8. The number of carbonyl (C=O) groups is 1. The van der Waals surface area contributed by atoms with E-state index in [0.717, 1.165) is 19.4 Å². The fourth-order valence-corrected chi connectivity index (χ4v) is 1.94. The van der Waals surface area contributed by atoms with Gasteiger partial charge in [0.25, 0.3) is 0 Å². The van der Waals surface area contributed by atoms with E-state index < -0.39 is 5.97 Å². The van der Waals surface area contributed by atoms with Crippen molar-refractivity contribution in [2.75, 3.05) is 18.5 Å². The van der Waals surface area contributed by atoms with Crippen LogP contribution >= 0.6 is 11.6 Å². The van der Waals surface area contributed by atoms with E-state index in [1.165, 1.54) is 12.1 Å². The highest BCUT2D eigenvalue weighted by molar-refractivity contribution is 6.29. The van der Waals surface area contributed by atoms with Gasteiger partial charge in [-0.05, 0) is 25.0 Å². The van der Waals surface area contributed by atoms with Crippen molar-refractivity contribution in [2.45, 2.75) is 18.9 Å². The normalized spacial score (nSPS) is 19.2. The Morgan fingerprint density at radius 3 is 3.12 bits per heavy atom. The predicted molar refractivity (Wildman–Crippen MR) is 63.7 cm³/mol. The van der Waals surface area contributed by atoms with Crippen LogP contribution in [0.1, 0.15) is 23.2 Å². The van der Waals surface area contributed by atoms with Crippen LogP contribution in [0.5, 0.6) is 0 Å².